The van der Waals surface area contributed by atoms with Gasteiger partial charge >= 0.3 is 0 Å². The zero-order valence-electron chi connectivity index (χ0n) is 11.8. The van der Waals surface area contributed by atoms with Gasteiger partial charge in [-0.25, -0.2) is 4.98 Å². The average molecular weight is 245 g/mol. The van der Waals surface area contributed by atoms with Gasteiger partial charge in [0.25, 0.3) is 0 Å². The van der Waals surface area contributed by atoms with Crippen molar-refractivity contribution in [1.29, 1.82) is 0 Å². The van der Waals surface area contributed by atoms with E-state index in [1.807, 2.05) is 6.07 Å². The molecule has 0 aliphatic rings. The third-order valence-electron chi connectivity index (χ3n) is 3.48. The smallest absolute Gasteiger partial charge is 0.123 e. The lowest BCUT2D eigenvalue weighted by Crippen LogP contribution is -2.39. The van der Waals surface area contributed by atoms with E-state index in [1.54, 1.807) is 0 Å². The van der Waals surface area contributed by atoms with E-state index >= 15 is 0 Å². The Morgan fingerprint density at radius 2 is 2.00 bits per heavy atom. The van der Waals surface area contributed by atoms with Crippen LogP contribution in [-0.2, 0) is 13.6 Å². The largest absolute Gasteiger partial charge is 0.330 e. The predicted octanol–water partition coefficient (Wildman–Crippen LogP) is 3.24. The van der Waals surface area contributed by atoms with Crippen LogP contribution in [0.25, 0.3) is 11.0 Å². The zero-order valence-corrected chi connectivity index (χ0v) is 11.8. The monoisotopic (exact) mass is 245 g/mol. The normalized spacial score (nSPS) is 12.2. The molecule has 0 aliphatic heterocycles. The van der Waals surface area contributed by atoms with Gasteiger partial charge in [0.1, 0.15) is 5.82 Å². The van der Waals surface area contributed by atoms with Crippen molar-refractivity contribution in [2.24, 2.45) is 7.05 Å². The van der Waals surface area contributed by atoms with Gasteiger partial charge in [-0.05, 0) is 32.4 Å². The first-order valence-corrected chi connectivity index (χ1v) is 6.69. The fourth-order valence-electron chi connectivity index (χ4n) is 2.39. The molecule has 18 heavy (non-hydrogen) atoms. The maximum Gasteiger partial charge on any atom is 0.123 e. The summed E-state index contributed by atoms with van der Waals surface area (Å²) in [5, 5.41) is 3.59. The van der Waals surface area contributed by atoms with Crippen LogP contribution in [0.2, 0.25) is 0 Å². The minimum Gasteiger partial charge on any atom is -0.330 e. The van der Waals surface area contributed by atoms with Crippen LogP contribution >= 0.6 is 0 Å². The molecule has 0 bridgehead atoms. The molecule has 2 rings (SSSR count). The number of hydrogen-bond acceptors (Lipinski definition) is 2. The minimum absolute atomic E-state index is 0.173. The Kier molecular flexibility index (Phi) is 3.71. The van der Waals surface area contributed by atoms with Crippen LogP contribution in [0.5, 0.6) is 0 Å². The fraction of sp³-hybridized carbons (Fsp3) is 0.533. The maximum absolute atomic E-state index is 4.68. The Bertz CT molecular complexity index is 526. The summed E-state index contributed by atoms with van der Waals surface area (Å²) in [6.45, 7) is 7.54. The first-order valence-electron chi connectivity index (χ1n) is 6.69. The van der Waals surface area contributed by atoms with Crippen molar-refractivity contribution in [3.05, 3.63) is 30.1 Å². The topological polar surface area (TPSA) is 29.9 Å². The molecule has 0 amide bonds. The molecule has 0 fully saturated rings. The summed E-state index contributed by atoms with van der Waals surface area (Å²) in [5.41, 5.74) is 2.44. The molecule has 1 N–H and O–H groups in total. The van der Waals surface area contributed by atoms with E-state index in [0.717, 1.165) is 17.9 Å². The van der Waals surface area contributed by atoms with Gasteiger partial charge in [-0.3, -0.25) is 0 Å². The highest BCUT2D eigenvalue weighted by Crippen LogP contribution is 2.16. The van der Waals surface area contributed by atoms with E-state index < -0.39 is 0 Å². The molecule has 0 saturated carbocycles. The number of nitrogens with zero attached hydrogens (tertiary/aromatic N) is 2. The summed E-state index contributed by atoms with van der Waals surface area (Å²) in [5.74, 6) is 1.10. The second-order valence-corrected chi connectivity index (χ2v) is 5.56. The van der Waals surface area contributed by atoms with Crippen LogP contribution < -0.4 is 5.32 Å². The number of benzene rings is 1. The van der Waals surface area contributed by atoms with Gasteiger partial charge in [0.05, 0.1) is 17.6 Å². The van der Waals surface area contributed by atoms with E-state index in [9.17, 15) is 0 Å². The molecule has 0 unspecified atom stereocenters. The van der Waals surface area contributed by atoms with Gasteiger partial charge in [-0.15, -0.1) is 0 Å². The summed E-state index contributed by atoms with van der Waals surface area (Å²) in [6, 6.07) is 8.27. The van der Waals surface area contributed by atoms with Crippen LogP contribution in [0.15, 0.2) is 24.3 Å². The number of rotatable bonds is 5. The SMILES string of the molecule is CCCC(C)(C)NCc1nc2ccccc2n1C. The van der Waals surface area contributed by atoms with E-state index in [2.05, 4.69) is 60.9 Å². The van der Waals surface area contributed by atoms with Crippen LogP contribution in [-0.4, -0.2) is 15.1 Å². The van der Waals surface area contributed by atoms with Crippen LogP contribution in [0.3, 0.4) is 0 Å². The third kappa shape index (κ3) is 2.72. The maximum atomic E-state index is 4.68. The summed E-state index contributed by atoms with van der Waals surface area (Å²) < 4.78 is 2.17. The minimum atomic E-state index is 0.173. The zero-order chi connectivity index (χ0) is 13.2. The number of hydrogen-bond donors (Lipinski definition) is 1. The Morgan fingerprint density at radius 3 is 2.67 bits per heavy atom. The van der Waals surface area contributed by atoms with E-state index in [1.165, 1.54) is 18.4 Å². The van der Waals surface area contributed by atoms with Crippen molar-refractivity contribution in [3.63, 3.8) is 0 Å². The number of aryl methyl sites for hydroxylation is 1. The van der Waals surface area contributed by atoms with Crippen LogP contribution in [0, 0.1) is 0 Å². The van der Waals surface area contributed by atoms with Crippen molar-refractivity contribution >= 4 is 11.0 Å². The molecule has 98 valence electrons. The first kappa shape index (κ1) is 13.1. The quantitative estimate of drug-likeness (QED) is 0.876. The average Bonchev–Trinajstić information content (AvgIpc) is 2.65. The molecule has 1 heterocycles. The van der Waals surface area contributed by atoms with Crippen molar-refractivity contribution in [2.75, 3.05) is 0 Å². The Labute approximate surface area is 109 Å². The van der Waals surface area contributed by atoms with Gasteiger partial charge in [-0.2, -0.15) is 0 Å². The van der Waals surface area contributed by atoms with Crippen molar-refractivity contribution in [1.82, 2.24) is 14.9 Å². The number of nitrogens with one attached hydrogen (secondary N) is 1. The molecule has 0 radical (unpaired) electrons. The van der Waals surface area contributed by atoms with Crippen LogP contribution in [0.1, 0.15) is 39.4 Å². The van der Waals surface area contributed by atoms with E-state index in [4.69, 9.17) is 0 Å². The lowest BCUT2D eigenvalue weighted by molar-refractivity contribution is 0.351. The lowest BCUT2D eigenvalue weighted by atomic mass is 9.99. The molecule has 3 heteroatoms. The molecule has 0 spiro atoms. The third-order valence-corrected chi connectivity index (χ3v) is 3.48. The van der Waals surface area contributed by atoms with Gasteiger partial charge < -0.3 is 9.88 Å². The Morgan fingerprint density at radius 1 is 1.28 bits per heavy atom. The predicted molar refractivity (Wildman–Crippen MR) is 76.5 cm³/mol. The van der Waals surface area contributed by atoms with Gasteiger partial charge in [0, 0.05) is 12.6 Å². The molecule has 1 aromatic heterocycles. The summed E-state index contributed by atoms with van der Waals surface area (Å²) >= 11 is 0. The highest BCUT2D eigenvalue weighted by Gasteiger charge is 2.16. The summed E-state index contributed by atoms with van der Waals surface area (Å²) in [6.07, 6.45) is 2.37. The number of fused-ring (bicyclic) bond motifs is 1. The summed E-state index contributed by atoms with van der Waals surface area (Å²) in [4.78, 5) is 4.68. The summed E-state index contributed by atoms with van der Waals surface area (Å²) in [7, 11) is 2.08. The van der Waals surface area contributed by atoms with Gasteiger partial charge in [0.15, 0.2) is 0 Å². The molecule has 0 atom stereocenters. The second-order valence-electron chi connectivity index (χ2n) is 5.56. The number of imidazole rings is 1. The molecule has 2 aromatic rings. The molecular weight excluding hydrogens is 222 g/mol. The first-order chi connectivity index (χ1) is 8.53. The standard InChI is InChI=1S/C15H23N3/c1-5-10-15(2,3)16-11-14-17-12-8-6-7-9-13(12)18(14)4/h6-9,16H,5,10-11H2,1-4H3. The van der Waals surface area contributed by atoms with E-state index in [-0.39, 0.29) is 5.54 Å². The lowest BCUT2D eigenvalue weighted by Gasteiger charge is -2.25. The highest BCUT2D eigenvalue weighted by atomic mass is 15.1. The molecule has 3 nitrogen and oxygen atoms in total. The van der Waals surface area contributed by atoms with Crippen LogP contribution in [0.4, 0.5) is 0 Å². The second kappa shape index (κ2) is 5.11. The highest BCUT2D eigenvalue weighted by molar-refractivity contribution is 5.75. The molecule has 0 aliphatic carbocycles. The Hall–Kier alpha value is -1.35. The molecule has 1 aromatic carbocycles. The number of para-hydroxylation sites is 2. The fourth-order valence-corrected chi connectivity index (χ4v) is 2.39. The van der Waals surface area contributed by atoms with Crippen molar-refractivity contribution in [2.45, 2.75) is 45.7 Å². The molecule has 0 saturated heterocycles. The van der Waals surface area contributed by atoms with Crippen molar-refractivity contribution < 1.29 is 0 Å². The number of aromatic nitrogens is 2. The molecular formula is C15H23N3. The Balaban J connectivity index is 2.15. The van der Waals surface area contributed by atoms with E-state index in [0.29, 0.717) is 0 Å². The van der Waals surface area contributed by atoms with Gasteiger partial charge in [-0.1, -0.05) is 25.5 Å². The van der Waals surface area contributed by atoms with Gasteiger partial charge in [0.2, 0.25) is 0 Å². The van der Waals surface area contributed by atoms with Crippen molar-refractivity contribution in [3.8, 4) is 0 Å².